The first-order valence-corrected chi connectivity index (χ1v) is 5.90. The van der Waals surface area contributed by atoms with Crippen molar-refractivity contribution in [1.29, 1.82) is 0 Å². The molecule has 0 atom stereocenters. The van der Waals surface area contributed by atoms with Crippen LogP contribution in [-0.2, 0) is 14.0 Å². The first-order chi connectivity index (χ1) is 8.04. The van der Waals surface area contributed by atoms with E-state index in [4.69, 9.17) is 4.74 Å². The van der Waals surface area contributed by atoms with Gasteiger partial charge in [-0.3, -0.25) is 0 Å². The van der Waals surface area contributed by atoms with Gasteiger partial charge in [-0.15, -0.1) is 0 Å². The van der Waals surface area contributed by atoms with Gasteiger partial charge in [-0.1, -0.05) is 18.2 Å². The van der Waals surface area contributed by atoms with Crippen molar-refractivity contribution in [3.8, 4) is 5.75 Å². The number of ether oxygens (including phenoxy) is 1. The van der Waals surface area contributed by atoms with Crippen molar-refractivity contribution in [3.63, 3.8) is 0 Å². The molecule has 0 N–H and O–H groups in total. The zero-order chi connectivity index (χ0) is 12.8. The average molecular weight is 250 g/mol. The molecule has 1 aromatic rings. The van der Waals surface area contributed by atoms with E-state index in [1.54, 1.807) is 12.1 Å². The largest absolute Gasteiger partial charge is 0.526 e. The highest BCUT2D eigenvalue weighted by molar-refractivity contribution is 6.09. The molecule has 0 heterocycles. The van der Waals surface area contributed by atoms with E-state index < -0.39 is 11.9 Å². The third kappa shape index (κ3) is 3.88. The van der Waals surface area contributed by atoms with Crippen LogP contribution in [0.5, 0.6) is 5.75 Å². The minimum Gasteiger partial charge on any atom is -0.526 e. The van der Waals surface area contributed by atoms with E-state index >= 15 is 0 Å². The highest BCUT2D eigenvalue weighted by Gasteiger charge is 2.10. The summed E-state index contributed by atoms with van der Waals surface area (Å²) in [5.41, 5.74) is 1.08. The summed E-state index contributed by atoms with van der Waals surface area (Å²) >= 11 is 0. The molecule has 1 rings (SSSR count). The van der Waals surface area contributed by atoms with Crippen LogP contribution in [0.25, 0.3) is 0 Å². The lowest BCUT2D eigenvalue weighted by Crippen LogP contribution is -2.12. The molecule has 0 fully saturated rings. The van der Waals surface area contributed by atoms with Gasteiger partial charge in [-0.2, -0.15) is 0 Å². The molecule has 17 heavy (non-hydrogen) atoms. The molecule has 0 spiro atoms. The second-order valence-corrected chi connectivity index (χ2v) is 3.91. The molecule has 0 aromatic heterocycles. The van der Waals surface area contributed by atoms with Gasteiger partial charge < -0.3 is 9.16 Å². The summed E-state index contributed by atoms with van der Waals surface area (Å²) in [4.78, 5) is 22.6. The number of aryl methyl sites for hydroxylation is 1. The topological polar surface area (TPSA) is 52.6 Å². The number of rotatable bonds is 3. The predicted octanol–water partition coefficient (Wildman–Crippen LogP) is 0.670. The number of esters is 1. The third-order valence-electron chi connectivity index (χ3n) is 2.15. The summed E-state index contributed by atoms with van der Waals surface area (Å²) in [6.07, 6.45) is 1.13. The Kier molecular flexibility index (Phi) is 4.65. The van der Waals surface area contributed by atoms with Gasteiger partial charge in [0.25, 0.3) is 0 Å². The molecule has 0 unspecified atom stereocenters. The van der Waals surface area contributed by atoms with E-state index in [1.807, 2.05) is 19.1 Å². The Morgan fingerprint density at radius 1 is 1.29 bits per heavy atom. The first kappa shape index (κ1) is 13.2. The predicted molar refractivity (Wildman–Crippen MR) is 66.6 cm³/mol. The molecule has 0 saturated heterocycles. The van der Waals surface area contributed by atoms with Crippen LogP contribution in [0.15, 0.2) is 35.9 Å². The van der Waals surface area contributed by atoms with Gasteiger partial charge in [0.1, 0.15) is 5.75 Å². The number of carbonyl (C=O) groups is 2. The second kappa shape index (κ2) is 6.00. The summed E-state index contributed by atoms with van der Waals surface area (Å²) in [6.45, 7) is 3.35. The Morgan fingerprint density at radius 3 is 2.53 bits per heavy atom. The number of para-hydroxylation sites is 1. The minimum atomic E-state index is -0.550. The molecule has 4 nitrogen and oxygen atoms in total. The zero-order valence-electron chi connectivity index (χ0n) is 10.0. The van der Waals surface area contributed by atoms with E-state index in [0.717, 1.165) is 11.6 Å². The number of carbonyl (C=O) groups excluding carboxylic acids is 2. The van der Waals surface area contributed by atoms with Crippen LogP contribution in [-0.4, -0.2) is 22.4 Å². The fourth-order valence-corrected chi connectivity index (χ4v) is 1.26. The van der Waals surface area contributed by atoms with Gasteiger partial charge in [-0.25, -0.2) is 9.59 Å². The fourth-order valence-electron chi connectivity index (χ4n) is 1.15. The Bertz CT molecular complexity index is 465. The van der Waals surface area contributed by atoms with Gasteiger partial charge in [-0.05, 0) is 25.5 Å². The highest BCUT2D eigenvalue weighted by atomic mass is 28.2. The molecule has 90 valence electrons. The summed E-state index contributed by atoms with van der Waals surface area (Å²) in [6, 6.07) is 7.17. The molecular formula is C12H14O4Si. The van der Waals surface area contributed by atoms with Crippen LogP contribution in [0.3, 0.4) is 0 Å². The van der Waals surface area contributed by atoms with E-state index in [9.17, 15) is 9.59 Å². The maximum absolute atomic E-state index is 11.6. The van der Waals surface area contributed by atoms with Gasteiger partial charge >= 0.3 is 11.9 Å². The smallest absolute Gasteiger partial charge is 0.339 e. The lowest BCUT2D eigenvalue weighted by molar-refractivity contribution is -0.132. The van der Waals surface area contributed by atoms with Crippen molar-refractivity contribution in [2.24, 2.45) is 0 Å². The van der Waals surface area contributed by atoms with Gasteiger partial charge in [0.2, 0.25) is 10.5 Å². The van der Waals surface area contributed by atoms with E-state index in [2.05, 4.69) is 4.43 Å². The highest BCUT2D eigenvalue weighted by Crippen LogP contribution is 2.17. The summed E-state index contributed by atoms with van der Waals surface area (Å²) in [5.74, 6) is -0.577. The van der Waals surface area contributed by atoms with E-state index in [0.29, 0.717) is 16.2 Å². The molecular weight excluding hydrogens is 236 g/mol. The van der Waals surface area contributed by atoms with Crippen LogP contribution in [0, 0.1) is 6.92 Å². The summed E-state index contributed by atoms with van der Waals surface area (Å²) < 4.78 is 9.71. The zero-order valence-corrected chi connectivity index (χ0v) is 12.0. The Morgan fingerprint density at radius 2 is 1.94 bits per heavy atom. The summed E-state index contributed by atoms with van der Waals surface area (Å²) in [7, 11) is 0.304. The van der Waals surface area contributed by atoms with Crippen molar-refractivity contribution < 1.29 is 18.8 Å². The van der Waals surface area contributed by atoms with E-state index in [-0.39, 0.29) is 5.57 Å². The molecule has 0 radical (unpaired) electrons. The van der Waals surface area contributed by atoms with Crippen LogP contribution in [0.1, 0.15) is 12.5 Å². The molecule has 0 aliphatic rings. The van der Waals surface area contributed by atoms with Crippen LogP contribution in [0.4, 0.5) is 0 Å². The standard InChI is InChI=1S/C12H14O4Si/c1-8-5-3-4-6-10(8)15-12(14)9(2)7-11(13)16-17/h3-7H,1-2,17H3. The van der Waals surface area contributed by atoms with Gasteiger partial charge in [0, 0.05) is 11.6 Å². The molecule has 0 saturated carbocycles. The molecule has 0 bridgehead atoms. The van der Waals surface area contributed by atoms with Gasteiger partial charge in [0.15, 0.2) is 0 Å². The molecule has 0 amide bonds. The van der Waals surface area contributed by atoms with Crippen LogP contribution < -0.4 is 4.74 Å². The van der Waals surface area contributed by atoms with Crippen molar-refractivity contribution in [1.82, 2.24) is 0 Å². The first-order valence-electron chi connectivity index (χ1n) is 5.08. The van der Waals surface area contributed by atoms with Crippen molar-refractivity contribution in [2.75, 3.05) is 0 Å². The Balaban J connectivity index is 2.77. The quantitative estimate of drug-likeness (QED) is 0.342. The normalized spacial score (nSPS) is 11.1. The number of hydrogen-bond donors (Lipinski definition) is 0. The third-order valence-corrected chi connectivity index (χ3v) is 2.56. The van der Waals surface area contributed by atoms with Crippen molar-refractivity contribution in [3.05, 3.63) is 41.5 Å². The van der Waals surface area contributed by atoms with Crippen LogP contribution >= 0.6 is 0 Å². The lowest BCUT2D eigenvalue weighted by atomic mass is 10.2. The minimum absolute atomic E-state index is 0.217. The number of hydrogen-bond acceptors (Lipinski definition) is 4. The van der Waals surface area contributed by atoms with Crippen molar-refractivity contribution >= 4 is 22.4 Å². The van der Waals surface area contributed by atoms with Gasteiger partial charge in [0.05, 0.1) is 0 Å². The molecule has 0 aliphatic carbocycles. The maximum atomic E-state index is 11.6. The fraction of sp³-hybridized carbons (Fsp3) is 0.167. The lowest BCUT2D eigenvalue weighted by Gasteiger charge is -2.06. The Hall–Kier alpha value is -1.88. The number of benzene rings is 1. The second-order valence-electron chi connectivity index (χ2n) is 3.51. The van der Waals surface area contributed by atoms with E-state index in [1.165, 1.54) is 6.92 Å². The van der Waals surface area contributed by atoms with Crippen LogP contribution in [0.2, 0.25) is 0 Å². The monoisotopic (exact) mass is 250 g/mol. The summed E-state index contributed by atoms with van der Waals surface area (Å²) in [5, 5.41) is 0. The Labute approximate surface area is 103 Å². The maximum Gasteiger partial charge on any atom is 0.339 e. The molecule has 5 heteroatoms. The SMILES string of the molecule is CC(=CC(=O)O[SiH3])C(=O)Oc1ccccc1C. The molecule has 1 aromatic carbocycles. The molecule has 0 aliphatic heterocycles. The van der Waals surface area contributed by atoms with Crippen molar-refractivity contribution in [2.45, 2.75) is 13.8 Å². The average Bonchev–Trinajstić information content (AvgIpc) is 2.31.